The maximum atomic E-state index is 12.2. The van der Waals surface area contributed by atoms with Crippen LogP contribution in [0, 0.1) is 0 Å². The number of benzene rings is 3. The third kappa shape index (κ3) is 4.84. The second kappa shape index (κ2) is 9.48. The normalized spacial score (nSPS) is 12.4. The Morgan fingerprint density at radius 2 is 1.32 bits per heavy atom. The van der Waals surface area contributed by atoms with Crippen LogP contribution in [-0.4, -0.2) is 35.0 Å². The molecule has 28 heavy (non-hydrogen) atoms. The monoisotopic (exact) mass is 375 g/mol. The molecular weight excluding hydrogens is 354 g/mol. The predicted molar refractivity (Wildman–Crippen MR) is 106 cm³/mol. The lowest BCUT2D eigenvalue weighted by molar-refractivity contribution is 0.0545. The van der Waals surface area contributed by atoms with Gasteiger partial charge < -0.3 is 9.84 Å². The minimum Gasteiger partial charge on any atom is -0.508 e. The van der Waals surface area contributed by atoms with E-state index in [1.165, 1.54) is 18.2 Å². The van der Waals surface area contributed by atoms with E-state index >= 15 is 0 Å². The molecular formula is C23H21NO4. The first kappa shape index (κ1) is 19.3. The van der Waals surface area contributed by atoms with Crippen molar-refractivity contribution in [2.75, 3.05) is 13.2 Å². The first-order valence-corrected chi connectivity index (χ1v) is 8.97. The van der Waals surface area contributed by atoms with Crippen molar-refractivity contribution in [3.05, 3.63) is 102 Å². The van der Waals surface area contributed by atoms with Gasteiger partial charge in [-0.05, 0) is 23.8 Å². The zero-order chi connectivity index (χ0) is 19.8. The molecule has 5 nitrogen and oxygen atoms in total. The van der Waals surface area contributed by atoms with E-state index in [0.29, 0.717) is 12.2 Å². The van der Waals surface area contributed by atoms with Crippen molar-refractivity contribution < 1.29 is 19.4 Å². The summed E-state index contributed by atoms with van der Waals surface area (Å²) in [4.78, 5) is 25.5. The molecule has 1 aliphatic heterocycles. The van der Waals surface area contributed by atoms with Crippen LogP contribution in [0.2, 0.25) is 0 Å². The van der Waals surface area contributed by atoms with Gasteiger partial charge in [0.25, 0.3) is 11.8 Å². The van der Waals surface area contributed by atoms with Crippen molar-refractivity contribution in [1.82, 2.24) is 4.90 Å². The summed E-state index contributed by atoms with van der Waals surface area (Å²) in [5.41, 5.74) is 1.61. The Kier molecular flexibility index (Phi) is 6.54. The average Bonchev–Trinajstić information content (AvgIpc) is 2.97. The van der Waals surface area contributed by atoms with Crippen LogP contribution in [0.15, 0.2) is 84.9 Å². The molecule has 1 aliphatic rings. The van der Waals surface area contributed by atoms with Crippen molar-refractivity contribution in [3.63, 3.8) is 0 Å². The zero-order valence-electron chi connectivity index (χ0n) is 15.3. The van der Waals surface area contributed by atoms with Crippen LogP contribution in [0.1, 0.15) is 26.3 Å². The zero-order valence-corrected chi connectivity index (χ0v) is 15.3. The highest BCUT2D eigenvalue weighted by molar-refractivity contribution is 6.21. The van der Waals surface area contributed by atoms with Gasteiger partial charge in [0.1, 0.15) is 5.75 Å². The summed E-state index contributed by atoms with van der Waals surface area (Å²) in [5, 5.41) is 9.42. The fraction of sp³-hybridized carbons (Fsp3) is 0.130. The van der Waals surface area contributed by atoms with Gasteiger partial charge in [0.05, 0.1) is 30.9 Å². The number of rotatable bonds is 5. The molecule has 142 valence electrons. The van der Waals surface area contributed by atoms with Crippen molar-refractivity contribution in [2.24, 2.45) is 0 Å². The van der Waals surface area contributed by atoms with E-state index in [1.807, 2.05) is 66.7 Å². The second-order valence-electron chi connectivity index (χ2n) is 6.18. The molecule has 0 aliphatic carbocycles. The first-order chi connectivity index (χ1) is 13.7. The number of hydrogen-bond acceptors (Lipinski definition) is 4. The molecule has 0 aromatic heterocycles. The third-order valence-electron chi connectivity index (χ3n) is 4.19. The van der Waals surface area contributed by atoms with Gasteiger partial charge in [-0.3, -0.25) is 14.5 Å². The van der Waals surface area contributed by atoms with Gasteiger partial charge in [-0.1, -0.05) is 66.7 Å². The topological polar surface area (TPSA) is 66.8 Å². The van der Waals surface area contributed by atoms with Gasteiger partial charge in [-0.2, -0.15) is 0 Å². The van der Waals surface area contributed by atoms with E-state index < -0.39 is 0 Å². The summed E-state index contributed by atoms with van der Waals surface area (Å²) in [6, 6.07) is 25.9. The van der Waals surface area contributed by atoms with Crippen molar-refractivity contribution in [2.45, 2.75) is 6.61 Å². The number of ether oxygens (including phenoxy) is 1. The number of aromatic hydroxyl groups is 1. The molecule has 2 amide bonds. The average molecular weight is 375 g/mol. The Labute approximate surface area is 163 Å². The van der Waals surface area contributed by atoms with Crippen LogP contribution >= 0.6 is 0 Å². The first-order valence-electron chi connectivity index (χ1n) is 8.97. The molecule has 1 N–H and O–H groups in total. The van der Waals surface area contributed by atoms with Gasteiger partial charge in [0.15, 0.2) is 0 Å². The number of carbonyl (C=O) groups excluding carboxylic acids is 2. The Hall–Kier alpha value is -3.44. The van der Waals surface area contributed by atoms with E-state index in [9.17, 15) is 14.7 Å². The fourth-order valence-electron chi connectivity index (χ4n) is 2.79. The van der Waals surface area contributed by atoms with E-state index in [0.717, 1.165) is 10.5 Å². The number of carbonyl (C=O) groups is 2. The summed E-state index contributed by atoms with van der Waals surface area (Å²) < 4.78 is 5.51. The minimum absolute atomic E-state index is 0.0259. The Morgan fingerprint density at radius 1 is 0.750 bits per heavy atom. The third-order valence-corrected chi connectivity index (χ3v) is 4.19. The van der Waals surface area contributed by atoms with Gasteiger partial charge in [0.2, 0.25) is 0 Å². The highest BCUT2D eigenvalue weighted by Crippen LogP contribution is 2.25. The minimum atomic E-state index is -0.390. The Morgan fingerprint density at radius 3 is 1.96 bits per heavy atom. The number of imide groups is 1. The van der Waals surface area contributed by atoms with Gasteiger partial charge >= 0.3 is 0 Å². The Balaban J connectivity index is 0.000000320. The standard InChI is InChI=1S/C17H15NO4.C6H6/c19-13-6-7-14-15(10-13)17(21)18(16(14)20)8-9-22-11-12-4-2-1-3-5-12;1-2-4-6-5-3-1/h1-7,10,19H,8-9,11H2;1-6H. The largest absolute Gasteiger partial charge is 0.508 e. The number of nitrogens with zero attached hydrogens (tertiary/aromatic N) is 1. The number of fused-ring (bicyclic) bond motifs is 1. The van der Waals surface area contributed by atoms with Crippen LogP contribution in [0.5, 0.6) is 5.75 Å². The molecule has 0 saturated heterocycles. The smallest absolute Gasteiger partial charge is 0.261 e. The molecule has 4 rings (SSSR count). The Bertz CT molecular complexity index is 899. The van der Waals surface area contributed by atoms with E-state index in [-0.39, 0.29) is 36.3 Å². The number of hydrogen-bond donors (Lipinski definition) is 1. The number of amides is 2. The molecule has 5 heteroatoms. The van der Waals surface area contributed by atoms with Crippen molar-refractivity contribution in [3.8, 4) is 5.75 Å². The van der Waals surface area contributed by atoms with E-state index in [2.05, 4.69) is 0 Å². The quantitative estimate of drug-likeness (QED) is 0.543. The van der Waals surface area contributed by atoms with Crippen LogP contribution in [0.4, 0.5) is 0 Å². The molecule has 3 aromatic rings. The summed E-state index contributed by atoms with van der Waals surface area (Å²) >= 11 is 0. The molecule has 0 spiro atoms. The van der Waals surface area contributed by atoms with E-state index in [1.54, 1.807) is 0 Å². The highest BCUT2D eigenvalue weighted by atomic mass is 16.5. The van der Waals surface area contributed by atoms with Gasteiger partial charge in [0, 0.05) is 0 Å². The maximum Gasteiger partial charge on any atom is 0.261 e. The lowest BCUT2D eigenvalue weighted by Gasteiger charge is -2.13. The van der Waals surface area contributed by atoms with Crippen molar-refractivity contribution in [1.29, 1.82) is 0 Å². The van der Waals surface area contributed by atoms with Gasteiger partial charge in [-0.15, -0.1) is 0 Å². The fourth-order valence-corrected chi connectivity index (χ4v) is 2.79. The van der Waals surface area contributed by atoms with E-state index in [4.69, 9.17) is 4.74 Å². The molecule has 3 aromatic carbocycles. The molecule has 0 radical (unpaired) electrons. The van der Waals surface area contributed by atoms with Crippen LogP contribution in [-0.2, 0) is 11.3 Å². The maximum absolute atomic E-state index is 12.2. The number of phenolic OH excluding ortho intramolecular Hbond substituents is 1. The van der Waals surface area contributed by atoms with Crippen molar-refractivity contribution >= 4 is 11.8 Å². The molecule has 0 saturated carbocycles. The molecule has 0 fully saturated rings. The summed E-state index contributed by atoms with van der Waals surface area (Å²) in [7, 11) is 0. The van der Waals surface area contributed by atoms with Gasteiger partial charge in [-0.25, -0.2) is 0 Å². The number of phenols is 1. The summed E-state index contributed by atoms with van der Waals surface area (Å²) in [6.45, 7) is 0.900. The van der Waals surface area contributed by atoms with Crippen LogP contribution in [0.3, 0.4) is 0 Å². The van der Waals surface area contributed by atoms with Crippen LogP contribution < -0.4 is 0 Å². The molecule has 0 atom stereocenters. The molecule has 0 bridgehead atoms. The van der Waals surface area contributed by atoms with Crippen LogP contribution in [0.25, 0.3) is 0 Å². The predicted octanol–water partition coefficient (Wildman–Crippen LogP) is 3.89. The lowest BCUT2D eigenvalue weighted by atomic mass is 10.1. The SMILES string of the molecule is O=C1c2ccc(O)cc2C(=O)N1CCOCc1ccccc1.c1ccccc1. The summed E-state index contributed by atoms with van der Waals surface area (Å²) in [5.74, 6) is -0.760. The lowest BCUT2D eigenvalue weighted by Crippen LogP contribution is -2.33. The molecule has 0 unspecified atom stereocenters. The molecule has 1 heterocycles. The summed E-state index contributed by atoms with van der Waals surface area (Å²) in [6.07, 6.45) is 0. The highest BCUT2D eigenvalue weighted by Gasteiger charge is 2.35. The second-order valence-corrected chi connectivity index (χ2v) is 6.18.